The number of hydrogen-bond donors (Lipinski definition) is 0. The predicted molar refractivity (Wildman–Crippen MR) is 48.0 cm³/mol. The van der Waals surface area contributed by atoms with Crippen LogP contribution in [-0.4, -0.2) is 30.4 Å². The molecule has 3 nitrogen and oxygen atoms in total. The first-order valence-electron chi connectivity index (χ1n) is 3.85. The van der Waals surface area contributed by atoms with Crippen molar-refractivity contribution in [2.24, 2.45) is 0 Å². The van der Waals surface area contributed by atoms with Crippen LogP contribution in [0.15, 0.2) is 12.7 Å². The van der Waals surface area contributed by atoms with Crippen LogP contribution < -0.4 is 0 Å². The molecule has 12 heavy (non-hydrogen) atoms. The normalized spacial score (nSPS) is 24.2. The summed E-state index contributed by atoms with van der Waals surface area (Å²) in [5.74, 6) is 0.604. The lowest BCUT2D eigenvalue weighted by atomic mass is 10.5. The molecule has 0 aromatic carbocycles. The molecular weight excluding hydrogens is 176 g/mol. The minimum absolute atomic E-state index is 0.155. The second-order valence-electron chi connectivity index (χ2n) is 2.37. The quantitative estimate of drug-likeness (QED) is 0.482. The van der Waals surface area contributed by atoms with Gasteiger partial charge in [-0.15, -0.1) is 11.8 Å². The first kappa shape index (κ1) is 9.61. The second kappa shape index (κ2) is 5.22. The van der Waals surface area contributed by atoms with Crippen LogP contribution in [0.2, 0.25) is 0 Å². The van der Waals surface area contributed by atoms with Gasteiger partial charge < -0.3 is 9.47 Å². The molecular formula is C8H12O3S. The molecule has 0 aliphatic carbocycles. The van der Waals surface area contributed by atoms with Gasteiger partial charge in [0.2, 0.25) is 0 Å². The van der Waals surface area contributed by atoms with Gasteiger partial charge in [0.1, 0.15) is 0 Å². The SMILES string of the molecule is C=CC(=O)OC1COCCCS1. The fourth-order valence-corrected chi connectivity index (χ4v) is 1.75. The molecule has 68 valence electrons. The average molecular weight is 188 g/mol. The van der Waals surface area contributed by atoms with Crippen LogP contribution >= 0.6 is 11.8 Å². The second-order valence-corrected chi connectivity index (χ2v) is 3.64. The van der Waals surface area contributed by atoms with Crippen LogP contribution in [0.4, 0.5) is 0 Å². The van der Waals surface area contributed by atoms with Crippen molar-refractivity contribution in [3.63, 3.8) is 0 Å². The summed E-state index contributed by atoms with van der Waals surface area (Å²) in [7, 11) is 0. The molecule has 1 rings (SSSR count). The zero-order chi connectivity index (χ0) is 8.81. The summed E-state index contributed by atoms with van der Waals surface area (Å²) in [6.45, 7) is 4.57. The standard InChI is InChI=1S/C8H12O3S/c1-2-7(9)11-8-6-10-4-3-5-12-8/h2,8H,1,3-6H2. The molecule has 1 unspecified atom stereocenters. The van der Waals surface area contributed by atoms with Gasteiger partial charge >= 0.3 is 5.97 Å². The number of hydrogen-bond acceptors (Lipinski definition) is 4. The molecule has 0 N–H and O–H groups in total. The smallest absolute Gasteiger partial charge is 0.331 e. The average Bonchev–Trinajstić information content (AvgIpc) is 2.33. The van der Waals surface area contributed by atoms with E-state index >= 15 is 0 Å². The van der Waals surface area contributed by atoms with Crippen molar-refractivity contribution < 1.29 is 14.3 Å². The Morgan fingerprint density at radius 2 is 2.58 bits per heavy atom. The van der Waals surface area contributed by atoms with E-state index in [9.17, 15) is 4.79 Å². The third-order valence-corrected chi connectivity index (χ3v) is 2.53. The first-order valence-corrected chi connectivity index (χ1v) is 4.90. The molecule has 0 aromatic rings. The molecule has 4 heteroatoms. The lowest BCUT2D eigenvalue weighted by Crippen LogP contribution is -2.17. The maximum absolute atomic E-state index is 10.8. The van der Waals surface area contributed by atoms with Gasteiger partial charge in [0.05, 0.1) is 6.61 Å². The van der Waals surface area contributed by atoms with Crippen LogP contribution in [0.1, 0.15) is 6.42 Å². The van der Waals surface area contributed by atoms with E-state index in [4.69, 9.17) is 9.47 Å². The predicted octanol–water partition coefficient (Wildman–Crippen LogP) is 1.20. The van der Waals surface area contributed by atoms with E-state index in [0.29, 0.717) is 6.61 Å². The Hall–Kier alpha value is -0.480. The zero-order valence-corrected chi connectivity index (χ0v) is 7.64. The Balaban J connectivity index is 2.29. The van der Waals surface area contributed by atoms with Crippen LogP contribution in [0.3, 0.4) is 0 Å². The van der Waals surface area contributed by atoms with E-state index in [1.807, 2.05) is 0 Å². The number of carbonyl (C=O) groups is 1. The van der Waals surface area contributed by atoms with E-state index in [0.717, 1.165) is 18.8 Å². The Morgan fingerprint density at radius 1 is 1.75 bits per heavy atom. The van der Waals surface area contributed by atoms with Crippen molar-refractivity contribution in [1.82, 2.24) is 0 Å². The number of carbonyl (C=O) groups excluding carboxylic acids is 1. The first-order chi connectivity index (χ1) is 5.83. The lowest BCUT2D eigenvalue weighted by molar-refractivity contribution is -0.140. The highest BCUT2D eigenvalue weighted by Gasteiger charge is 2.15. The highest BCUT2D eigenvalue weighted by atomic mass is 32.2. The fraction of sp³-hybridized carbons (Fsp3) is 0.625. The fourth-order valence-electron chi connectivity index (χ4n) is 0.849. The molecule has 0 bridgehead atoms. The van der Waals surface area contributed by atoms with Gasteiger partial charge in [0.25, 0.3) is 0 Å². The highest BCUT2D eigenvalue weighted by Crippen LogP contribution is 2.17. The van der Waals surface area contributed by atoms with Crippen LogP contribution in [0, 0.1) is 0 Å². The molecule has 1 fully saturated rings. The van der Waals surface area contributed by atoms with Gasteiger partial charge in [0.15, 0.2) is 5.44 Å². The molecule has 0 saturated carbocycles. The third-order valence-electron chi connectivity index (χ3n) is 1.40. The summed E-state index contributed by atoms with van der Waals surface area (Å²) in [6.07, 6.45) is 2.19. The Labute approximate surface area is 76.1 Å². The minimum Gasteiger partial charge on any atom is -0.446 e. The number of thioether (sulfide) groups is 1. The summed E-state index contributed by atoms with van der Waals surface area (Å²) in [5.41, 5.74) is -0.155. The van der Waals surface area contributed by atoms with Crippen molar-refractivity contribution in [3.05, 3.63) is 12.7 Å². The summed E-state index contributed by atoms with van der Waals surface area (Å²) < 4.78 is 10.2. The molecule has 1 heterocycles. The summed E-state index contributed by atoms with van der Waals surface area (Å²) in [5, 5.41) is 0. The maximum atomic E-state index is 10.8. The van der Waals surface area contributed by atoms with E-state index in [-0.39, 0.29) is 11.4 Å². The van der Waals surface area contributed by atoms with Gasteiger partial charge in [0, 0.05) is 12.7 Å². The number of rotatable bonds is 2. The van der Waals surface area contributed by atoms with Crippen molar-refractivity contribution in [1.29, 1.82) is 0 Å². The van der Waals surface area contributed by atoms with Gasteiger partial charge in [-0.05, 0) is 12.2 Å². The summed E-state index contributed by atoms with van der Waals surface area (Å²) >= 11 is 1.61. The summed E-state index contributed by atoms with van der Waals surface area (Å²) in [6, 6.07) is 0. The van der Waals surface area contributed by atoms with Gasteiger partial charge in [-0.3, -0.25) is 0 Å². The highest BCUT2D eigenvalue weighted by molar-refractivity contribution is 7.99. The Kier molecular flexibility index (Phi) is 4.18. The van der Waals surface area contributed by atoms with Gasteiger partial charge in [-0.25, -0.2) is 4.79 Å². The topological polar surface area (TPSA) is 35.5 Å². The molecule has 0 radical (unpaired) electrons. The number of esters is 1. The van der Waals surface area contributed by atoms with E-state index in [1.165, 1.54) is 6.08 Å². The minimum atomic E-state index is -0.377. The largest absolute Gasteiger partial charge is 0.446 e. The molecule has 0 spiro atoms. The third kappa shape index (κ3) is 3.28. The molecule has 1 aliphatic heterocycles. The van der Waals surface area contributed by atoms with Gasteiger partial charge in [-0.2, -0.15) is 0 Å². The van der Waals surface area contributed by atoms with E-state index in [2.05, 4.69) is 6.58 Å². The van der Waals surface area contributed by atoms with Crippen molar-refractivity contribution in [2.75, 3.05) is 19.0 Å². The van der Waals surface area contributed by atoms with E-state index in [1.54, 1.807) is 11.8 Å². The van der Waals surface area contributed by atoms with Crippen LogP contribution in [-0.2, 0) is 14.3 Å². The van der Waals surface area contributed by atoms with Gasteiger partial charge in [-0.1, -0.05) is 6.58 Å². The van der Waals surface area contributed by atoms with Crippen molar-refractivity contribution >= 4 is 17.7 Å². The molecule has 1 aliphatic rings. The van der Waals surface area contributed by atoms with Crippen LogP contribution in [0.5, 0.6) is 0 Å². The lowest BCUT2D eigenvalue weighted by Gasteiger charge is -2.12. The molecule has 0 aromatic heterocycles. The number of ether oxygens (including phenoxy) is 2. The van der Waals surface area contributed by atoms with Crippen molar-refractivity contribution in [3.8, 4) is 0 Å². The van der Waals surface area contributed by atoms with E-state index < -0.39 is 0 Å². The molecule has 0 amide bonds. The molecule has 1 saturated heterocycles. The zero-order valence-electron chi connectivity index (χ0n) is 6.82. The summed E-state index contributed by atoms with van der Waals surface area (Å²) in [4.78, 5) is 10.8. The monoisotopic (exact) mass is 188 g/mol. The van der Waals surface area contributed by atoms with Crippen molar-refractivity contribution in [2.45, 2.75) is 11.9 Å². The van der Waals surface area contributed by atoms with Crippen LogP contribution in [0.25, 0.3) is 0 Å². The maximum Gasteiger partial charge on any atom is 0.331 e. The Morgan fingerprint density at radius 3 is 3.33 bits per heavy atom. The Bertz CT molecular complexity index is 162. The molecule has 1 atom stereocenters.